The topological polar surface area (TPSA) is 34.6 Å². The Hall–Kier alpha value is -1.75. The van der Waals surface area contributed by atoms with Crippen LogP contribution in [-0.2, 0) is 22.6 Å². The third-order valence-electron chi connectivity index (χ3n) is 5.05. The SMILES string of the molecule is c1ccc(CN2CC[C@]3(C[C@@H](OCc4ccncc4)CO3)C2)cc1. The lowest BCUT2D eigenvalue weighted by Crippen LogP contribution is -2.32. The quantitative estimate of drug-likeness (QED) is 0.847. The molecule has 1 spiro atoms. The maximum atomic E-state index is 6.19. The molecule has 0 bridgehead atoms. The Morgan fingerprint density at radius 1 is 1.12 bits per heavy atom. The lowest BCUT2D eigenvalue weighted by molar-refractivity contribution is -0.000429. The van der Waals surface area contributed by atoms with Crippen molar-refractivity contribution in [3.05, 3.63) is 66.0 Å². The summed E-state index contributed by atoms with van der Waals surface area (Å²) in [6.45, 7) is 4.47. The van der Waals surface area contributed by atoms with Gasteiger partial charge in [-0.3, -0.25) is 9.88 Å². The summed E-state index contributed by atoms with van der Waals surface area (Å²) >= 11 is 0. The van der Waals surface area contributed by atoms with Crippen LogP contribution in [0.4, 0.5) is 0 Å². The molecule has 2 saturated heterocycles. The van der Waals surface area contributed by atoms with Gasteiger partial charge in [-0.15, -0.1) is 0 Å². The van der Waals surface area contributed by atoms with E-state index in [9.17, 15) is 0 Å². The predicted molar refractivity (Wildman–Crippen MR) is 92.5 cm³/mol. The maximum absolute atomic E-state index is 6.19. The second-order valence-electron chi connectivity index (χ2n) is 6.93. The fourth-order valence-corrected chi connectivity index (χ4v) is 3.79. The fraction of sp³-hybridized carbons (Fsp3) is 0.450. The lowest BCUT2D eigenvalue weighted by atomic mass is 9.98. The monoisotopic (exact) mass is 324 g/mol. The van der Waals surface area contributed by atoms with Crippen LogP contribution < -0.4 is 0 Å². The van der Waals surface area contributed by atoms with Crippen molar-refractivity contribution < 1.29 is 9.47 Å². The number of hydrogen-bond donors (Lipinski definition) is 0. The van der Waals surface area contributed by atoms with Crippen molar-refractivity contribution in [3.63, 3.8) is 0 Å². The van der Waals surface area contributed by atoms with Crippen LogP contribution in [0.1, 0.15) is 24.0 Å². The van der Waals surface area contributed by atoms with Crippen molar-refractivity contribution in [2.45, 2.75) is 37.7 Å². The molecule has 2 aliphatic heterocycles. The van der Waals surface area contributed by atoms with Crippen LogP contribution in [0.25, 0.3) is 0 Å². The van der Waals surface area contributed by atoms with Gasteiger partial charge in [-0.25, -0.2) is 0 Å². The number of pyridine rings is 1. The molecule has 0 saturated carbocycles. The molecule has 2 fully saturated rings. The number of hydrogen-bond acceptors (Lipinski definition) is 4. The molecule has 0 aliphatic carbocycles. The molecule has 0 amide bonds. The van der Waals surface area contributed by atoms with Gasteiger partial charge in [0.25, 0.3) is 0 Å². The molecule has 0 N–H and O–H groups in total. The van der Waals surface area contributed by atoms with Crippen molar-refractivity contribution in [1.29, 1.82) is 0 Å². The highest BCUT2D eigenvalue weighted by Gasteiger charge is 2.45. The highest BCUT2D eigenvalue weighted by Crippen LogP contribution is 2.36. The zero-order valence-corrected chi connectivity index (χ0v) is 13.9. The average molecular weight is 324 g/mol. The van der Waals surface area contributed by atoms with Crippen LogP contribution in [-0.4, -0.2) is 41.3 Å². The molecule has 4 rings (SSSR count). The first-order valence-electron chi connectivity index (χ1n) is 8.72. The number of benzene rings is 1. The van der Waals surface area contributed by atoms with Crippen LogP contribution in [0.3, 0.4) is 0 Å². The minimum Gasteiger partial charge on any atom is -0.371 e. The summed E-state index contributed by atoms with van der Waals surface area (Å²) in [4.78, 5) is 6.54. The molecule has 2 aliphatic rings. The first kappa shape index (κ1) is 15.8. The third-order valence-corrected chi connectivity index (χ3v) is 5.05. The molecule has 0 unspecified atom stereocenters. The normalized spacial score (nSPS) is 27.1. The van der Waals surface area contributed by atoms with Crippen LogP contribution in [0.5, 0.6) is 0 Å². The van der Waals surface area contributed by atoms with Gasteiger partial charge in [0.15, 0.2) is 0 Å². The van der Waals surface area contributed by atoms with Crippen LogP contribution in [0, 0.1) is 0 Å². The van der Waals surface area contributed by atoms with Gasteiger partial charge in [-0.2, -0.15) is 0 Å². The molecule has 4 heteroatoms. The molecule has 3 heterocycles. The van der Waals surface area contributed by atoms with E-state index < -0.39 is 0 Å². The largest absolute Gasteiger partial charge is 0.371 e. The van der Waals surface area contributed by atoms with E-state index >= 15 is 0 Å². The van der Waals surface area contributed by atoms with Gasteiger partial charge in [0.1, 0.15) is 0 Å². The van der Waals surface area contributed by atoms with Crippen LogP contribution in [0.2, 0.25) is 0 Å². The number of rotatable bonds is 5. The first-order valence-corrected chi connectivity index (χ1v) is 8.72. The Bertz CT molecular complexity index is 649. The molecule has 4 nitrogen and oxygen atoms in total. The van der Waals surface area contributed by atoms with Crippen molar-refractivity contribution in [2.75, 3.05) is 19.7 Å². The van der Waals surface area contributed by atoms with Crippen LogP contribution in [0.15, 0.2) is 54.9 Å². The number of nitrogens with zero attached hydrogens (tertiary/aromatic N) is 2. The van der Waals surface area contributed by atoms with Gasteiger partial charge in [0, 0.05) is 38.4 Å². The number of aromatic nitrogens is 1. The highest BCUT2D eigenvalue weighted by atomic mass is 16.6. The first-order chi connectivity index (χ1) is 11.8. The summed E-state index contributed by atoms with van der Waals surface area (Å²) in [6.07, 6.45) is 5.93. The molecular weight excluding hydrogens is 300 g/mol. The van der Waals surface area contributed by atoms with Gasteiger partial charge < -0.3 is 9.47 Å². The summed E-state index contributed by atoms with van der Waals surface area (Å²) in [5.74, 6) is 0. The van der Waals surface area contributed by atoms with Crippen molar-refractivity contribution >= 4 is 0 Å². The molecule has 1 aromatic carbocycles. The van der Waals surface area contributed by atoms with Crippen molar-refractivity contribution in [2.24, 2.45) is 0 Å². The van der Waals surface area contributed by atoms with Gasteiger partial charge >= 0.3 is 0 Å². The molecule has 24 heavy (non-hydrogen) atoms. The van der Waals surface area contributed by atoms with E-state index in [2.05, 4.69) is 40.2 Å². The van der Waals surface area contributed by atoms with E-state index in [-0.39, 0.29) is 11.7 Å². The van der Waals surface area contributed by atoms with Crippen molar-refractivity contribution in [1.82, 2.24) is 9.88 Å². The Kier molecular flexibility index (Phi) is 4.60. The molecule has 0 radical (unpaired) electrons. The van der Waals surface area contributed by atoms with Crippen molar-refractivity contribution in [3.8, 4) is 0 Å². The molecule has 126 valence electrons. The fourth-order valence-electron chi connectivity index (χ4n) is 3.79. The molecule has 1 aromatic heterocycles. The lowest BCUT2D eigenvalue weighted by Gasteiger charge is -2.23. The summed E-state index contributed by atoms with van der Waals surface area (Å²) < 4.78 is 12.2. The second-order valence-corrected chi connectivity index (χ2v) is 6.93. The van der Waals surface area contributed by atoms with E-state index in [1.807, 2.05) is 24.5 Å². The minimum absolute atomic E-state index is 0.00229. The Balaban J connectivity index is 1.28. The van der Waals surface area contributed by atoms with E-state index in [0.29, 0.717) is 13.2 Å². The van der Waals surface area contributed by atoms with Gasteiger partial charge in [0.05, 0.1) is 24.9 Å². The Labute approximate surface area is 143 Å². The van der Waals surface area contributed by atoms with E-state index in [4.69, 9.17) is 9.47 Å². The zero-order valence-electron chi connectivity index (χ0n) is 13.9. The Morgan fingerprint density at radius 3 is 2.79 bits per heavy atom. The number of likely N-dealkylation sites (tertiary alicyclic amines) is 1. The van der Waals surface area contributed by atoms with Gasteiger partial charge in [0.2, 0.25) is 0 Å². The number of ether oxygens (including phenoxy) is 2. The zero-order chi connectivity index (χ0) is 16.2. The summed E-state index contributed by atoms with van der Waals surface area (Å²) in [7, 11) is 0. The highest BCUT2D eigenvalue weighted by molar-refractivity contribution is 5.15. The average Bonchev–Trinajstić information content (AvgIpc) is 3.21. The van der Waals surface area contributed by atoms with Crippen LogP contribution >= 0.6 is 0 Å². The summed E-state index contributed by atoms with van der Waals surface area (Å²) in [5, 5.41) is 0. The van der Waals surface area contributed by atoms with E-state index in [1.165, 1.54) is 11.1 Å². The maximum Gasteiger partial charge on any atom is 0.0847 e. The van der Waals surface area contributed by atoms with E-state index in [1.54, 1.807) is 0 Å². The predicted octanol–water partition coefficient (Wildman–Crippen LogP) is 3.03. The second kappa shape index (κ2) is 7.01. The minimum atomic E-state index is -0.00229. The summed E-state index contributed by atoms with van der Waals surface area (Å²) in [6, 6.07) is 14.7. The molecule has 2 atom stereocenters. The van der Waals surface area contributed by atoms with Gasteiger partial charge in [-0.05, 0) is 29.7 Å². The Morgan fingerprint density at radius 2 is 1.96 bits per heavy atom. The summed E-state index contributed by atoms with van der Waals surface area (Å²) in [5.41, 5.74) is 2.54. The smallest absolute Gasteiger partial charge is 0.0847 e. The molecule has 2 aromatic rings. The third kappa shape index (κ3) is 3.66. The van der Waals surface area contributed by atoms with E-state index in [0.717, 1.165) is 32.5 Å². The standard InChI is InChI=1S/C20H24N2O2/c1-2-4-17(5-3-1)13-22-11-8-20(16-22)12-19(15-24-20)23-14-18-6-9-21-10-7-18/h1-7,9-10,19H,8,11-16H2/t19-,20+/m1/s1. The molecular formula is C20H24N2O2. The van der Waals surface area contributed by atoms with Gasteiger partial charge in [-0.1, -0.05) is 30.3 Å².